The molecule has 2 aromatic rings. The van der Waals surface area contributed by atoms with Crippen LogP contribution >= 0.6 is 11.6 Å². The second kappa shape index (κ2) is 4.88. The summed E-state index contributed by atoms with van der Waals surface area (Å²) in [7, 11) is 0. The molecule has 1 fully saturated rings. The zero-order valence-corrected chi connectivity index (χ0v) is 11.4. The third-order valence-electron chi connectivity index (χ3n) is 3.80. The van der Waals surface area contributed by atoms with E-state index in [1.807, 2.05) is 25.3 Å². The summed E-state index contributed by atoms with van der Waals surface area (Å²) in [5, 5.41) is -0.0689. The van der Waals surface area contributed by atoms with Gasteiger partial charge in [-0.05, 0) is 37.8 Å². The molecule has 0 bridgehead atoms. The normalized spacial score (nSPS) is 18.6. The zero-order valence-electron chi connectivity index (χ0n) is 10.6. The lowest BCUT2D eigenvalue weighted by atomic mass is 10.1. The standard InChI is InChI=1S/C14H18ClN3/c1-10(15)13-17-12-7-4-8-16-14(12)18(13)9-11-5-2-3-6-11/h4,7-8,10-11H,2-3,5-6,9H2,1H3. The molecule has 2 aromatic heterocycles. The van der Waals surface area contributed by atoms with Crippen LogP contribution in [0.4, 0.5) is 0 Å². The summed E-state index contributed by atoms with van der Waals surface area (Å²) in [4.78, 5) is 9.09. The van der Waals surface area contributed by atoms with Crippen LogP contribution in [0.25, 0.3) is 11.2 Å². The Morgan fingerprint density at radius 1 is 1.44 bits per heavy atom. The Kier molecular flexibility index (Phi) is 3.25. The first-order valence-corrected chi connectivity index (χ1v) is 7.14. The van der Waals surface area contributed by atoms with Crippen LogP contribution in [-0.4, -0.2) is 14.5 Å². The predicted molar refractivity (Wildman–Crippen MR) is 73.8 cm³/mol. The number of imidazole rings is 1. The van der Waals surface area contributed by atoms with Gasteiger partial charge in [-0.1, -0.05) is 12.8 Å². The monoisotopic (exact) mass is 263 g/mol. The van der Waals surface area contributed by atoms with Gasteiger partial charge >= 0.3 is 0 Å². The fourth-order valence-electron chi connectivity index (χ4n) is 2.91. The summed E-state index contributed by atoms with van der Waals surface area (Å²) in [6, 6.07) is 3.94. The van der Waals surface area contributed by atoms with E-state index < -0.39 is 0 Å². The van der Waals surface area contributed by atoms with Crippen LogP contribution in [0.3, 0.4) is 0 Å². The van der Waals surface area contributed by atoms with E-state index in [2.05, 4.69) is 14.5 Å². The molecule has 0 saturated heterocycles. The highest BCUT2D eigenvalue weighted by Gasteiger charge is 2.21. The lowest BCUT2D eigenvalue weighted by molar-refractivity contribution is 0.453. The van der Waals surface area contributed by atoms with Gasteiger partial charge in [-0.15, -0.1) is 11.6 Å². The molecule has 0 amide bonds. The van der Waals surface area contributed by atoms with Gasteiger partial charge in [0.15, 0.2) is 5.65 Å². The molecule has 96 valence electrons. The summed E-state index contributed by atoms with van der Waals surface area (Å²) in [5.41, 5.74) is 1.94. The van der Waals surface area contributed by atoms with Gasteiger partial charge in [-0.2, -0.15) is 0 Å². The van der Waals surface area contributed by atoms with E-state index >= 15 is 0 Å². The first-order valence-electron chi connectivity index (χ1n) is 6.71. The van der Waals surface area contributed by atoms with E-state index in [0.29, 0.717) is 0 Å². The number of alkyl halides is 1. The number of aromatic nitrogens is 3. The molecule has 0 aliphatic heterocycles. The van der Waals surface area contributed by atoms with E-state index in [1.54, 1.807) is 0 Å². The number of halogens is 1. The van der Waals surface area contributed by atoms with Crippen molar-refractivity contribution in [3.63, 3.8) is 0 Å². The molecule has 0 radical (unpaired) electrons. The van der Waals surface area contributed by atoms with Crippen LogP contribution in [-0.2, 0) is 6.54 Å². The molecule has 0 N–H and O–H groups in total. The molecule has 1 aliphatic rings. The second-order valence-electron chi connectivity index (χ2n) is 5.19. The highest BCUT2D eigenvalue weighted by molar-refractivity contribution is 6.20. The third-order valence-corrected chi connectivity index (χ3v) is 4.00. The largest absolute Gasteiger partial charge is 0.311 e. The molecule has 1 aliphatic carbocycles. The Morgan fingerprint density at radius 2 is 2.22 bits per heavy atom. The minimum Gasteiger partial charge on any atom is -0.311 e. The maximum absolute atomic E-state index is 6.25. The SMILES string of the molecule is CC(Cl)c1nc2cccnc2n1CC1CCCC1. The number of nitrogens with zero attached hydrogens (tertiary/aromatic N) is 3. The van der Waals surface area contributed by atoms with Crippen molar-refractivity contribution in [1.29, 1.82) is 0 Å². The Labute approximate surface area is 112 Å². The van der Waals surface area contributed by atoms with Crippen LogP contribution in [0, 0.1) is 5.92 Å². The zero-order chi connectivity index (χ0) is 12.5. The summed E-state index contributed by atoms with van der Waals surface area (Å²) in [6.45, 7) is 2.99. The van der Waals surface area contributed by atoms with E-state index in [4.69, 9.17) is 11.6 Å². The molecule has 1 saturated carbocycles. The Bertz CT molecular complexity index is 541. The first kappa shape index (κ1) is 12.0. The average Bonchev–Trinajstić information content (AvgIpc) is 2.98. The van der Waals surface area contributed by atoms with Gasteiger partial charge in [0.25, 0.3) is 0 Å². The molecule has 0 spiro atoms. The molecule has 1 unspecified atom stereocenters. The van der Waals surface area contributed by atoms with E-state index in [0.717, 1.165) is 29.5 Å². The van der Waals surface area contributed by atoms with E-state index in [1.165, 1.54) is 25.7 Å². The number of fused-ring (bicyclic) bond motifs is 1. The third kappa shape index (κ3) is 2.12. The van der Waals surface area contributed by atoms with Gasteiger partial charge in [0.1, 0.15) is 11.3 Å². The fraction of sp³-hybridized carbons (Fsp3) is 0.571. The van der Waals surface area contributed by atoms with Gasteiger partial charge in [0.05, 0.1) is 5.38 Å². The van der Waals surface area contributed by atoms with Crippen LogP contribution < -0.4 is 0 Å². The molecule has 1 atom stereocenters. The Hall–Kier alpha value is -1.09. The van der Waals surface area contributed by atoms with Crippen LogP contribution in [0.15, 0.2) is 18.3 Å². The second-order valence-corrected chi connectivity index (χ2v) is 5.85. The summed E-state index contributed by atoms with van der Waals surface area (Å²) in [6.07, 6.45) is 7.19. The minimum atomic E-state index is -0.0689. The van der Waals surface area contributed by atoms with Crippen molar-refractivity contribution in [3.8, 4) is 0 Å². The lowest BCUT2D eigenvalue weighted by Crippen LogP contribution is -2.11. The van der Waals surface area contributed by atoms with Crippen molar-refractivity contribution in [2.75, 3.05) is 0 Å². The number of hydrogen-bond acceptors (Lipinski definition) is 2. The Morgan fingerprint density at radius 3 is 2.94 bits per heavy atom. The van der Waals surface area contributed by atoms with Crippen molar-refractivity contribution < 1.29 is 0 Å². The van der Waals surface area contributed by atoms with Gasteiger partial charge in [-0.3, -0.25) is 0 Å². The average molecular weight is 264 g/mol. The molecular weight excluding hydrogens is 246 g/mol. The van der Waals surface area contributed by atoms with Gasteiger partial charge in [-0.25, -0.2) is 9.97 Å². The molecule has 3 nitrogen and oxygen atoms in total. The topological polar surface area (TPSA) is 30.7 Å². The number of rotatable bonds is 3. The van der Waals surface area contributed by atoms with Crippen LogP contribution in [0.5, 0.6) is 0 Å². The Balaban J connectivity index is 2.03. The van der Waals surface area contributed by atoms with Gasteiger partial charge < -0.3 is 4.57 Å². The maximum atomic E-state index is 6.25. The minimum absolute atomic E-state index is 0.0689. The summed E-state index contributed by atoms with van der Waals surface area (Å²) < 4.78 is 2.23. The predicted octanol–water partition coefficient (Wildman–Crippen LogP) is 3.92. The maximum Gasteiger partial charge on any atom is 0.160 e. The molecular formula is C14H18ClN3. The van der Waals surface area contributed by atoms with E-state index in [9.17, 15) is 0 Å². The molecule has 18 heavy (non-hydrogen) atoms. The molecule has 0 aromatic carbocycles. The highest BCUT2D eigenvalue weighted by atomic mass is 35.5. The van der Waals surface area contributed by atoms with Crippen LogP contribution in [0.2, 0.25) is 0 Å². The van der Waals surface area contributed by atoms with Gasteiger partial charge in [0, 0.05) is 12.7 Å². The van der Waals surface area contributed by atoms with Crippen molar-refractivity contribution in [1.82, 2.24) is 14.5 Å². The van der Waals surface area contributed by atoms with Crippen molar-refractivity contribution in [2.24, 2.45) is 5.92 Å². The number of pyridine rings is 1. The molecule has 2 heterocycles. The quantitative estimate of drug-likeness (QED) is 0.786. The van der Waals surface area contributed by atoms with Crippen molar-refractivity contribution in [3.05, 3.63) is 24.2 Å². The van der Waals surface area contributed by atoms with Crippen molar-refractivity contribution >= 4 is 22.8 Å². The summed E-state index contributed by atoms with van der Waals surface area (Å²) in [5.74, 6) is 1.72. The smallest absolute Gasteiger partial charge is 0.160 e. The fourth-order valence-corrected chi connectivity index (χ4v) is 3.08. The highest BCUT2D eigenvalue weighted by Crippen LogP contribution is 2.30. The first-order chi connectivity index (χ1) is 8.75. The van der Waals surface area contributed by atoms with Crippen LogP contribution in [0.1, 0.15) is 43.8 Å². The lowest BCUT2D eigenvalue weighted by Gasteiger charge is -2.14. The van der Waals surface area contributed by atoms with Crippen molar-refractivity contribution in [2.45, 2.75) is 44.5 Å². The number of hydrogen-bond donors (Lipinski definition) is 0. The summed E-state index contributed by atoms with van der Waals surface area (Å²) >= 11 is 6.25. The molecule has 3 rings (SSSR count). The molecule has 4 heteroatoms. The van der Waals surface area contributed by atoms with E-state index in [-0.39, 0.29) is 5.38 Å². The van der Waals surface area contributed by atoms with Gasteiger partial charge in [0.2, 0.25) is 0 Å².